The summed E-state index contributed by atoms with van der Waals surface area (Å²) < 4.78 is 0. The predicted molar refractivity (Wildman–Crippen MR) is 132 cm³/mol. The molecule has 2 saturated heterocycles. The van der Waals surface area contributed by atoms with Crippen LogP contribution in [0.4, 0.5) is 11.4 Å². The zero-order valence-corrected chi connectivity index (χ0v) is 19.5. The standard InChI is InChI=1S/C26H35N5O2/c1-27-26(33)24-19-29(18-21-8-4-2-5-9-21)16-17-31(24)20-25(32)28-22-10-12-23(13-11-22)30-14-6-3-7-15-30/h2,4-5,8-13,24H,3,6-7,14-20H2,1H3,(H,27,33)(H,28,32). The number of likely N-dealkylation sites (N-methyl/N-ethyl adjacent to an activating group) is 1. The molecule has 0 spiro atoms. The molecule has 4 rings (SSSR count). The Morgan fingerprint density at radius 2 is 1.64 bits per heavy atom. The highest BCUT2D eigenvalue weighted by Gasteiger charge is 2.33. The summed E-state index contributed by atoms with van der Waals surface area (Å²) in [5.41, 5.74) is 3.23. The Kier molecular flexibility index (Phi) is 7.96. The fourth-order valence-corrected chi connectivity index (χ4v) is 4.76. The van der Waals surface area contributed by atoms with E-state index in [9.17, 15) is 9.59 Å². The number of benzene rings is 2. The molecule has 2 N–H and O–H groups in total. The molecule has 2 heterocycles. The van der Waals surface area contributed by atoms with Gasteiger partial charge in [-0.3, -0.25) is 19.4 Å². The van der Waals surface area contributed by atoms with E-state index in [-0.39, 0.29) is 24.4 Å². The van der Waals surface area contributed by atoms with Crippen LogP contribution < -0.4 is 15.5 Å². The molecular formula is C26H35N5O2. The van der Waals surface area contributed by atoms with Crippen molar-refractivity contribution in [2.45, 2.75) is 31.8 Å². The molecule has 2 aliphatic heterocycles. The van der Waals surface area contributed by atoms with Gasteiger partial charge < -0.3 is 15.5 Å². The zero-order valence-electron chi connectivity index (χ0n) is 19.5. The summed E-state index contributed by atoms with van der Waals surface area (Å²) in [6.45, 7) is 5.30. The van der Waals surface area contributed by atoms with Crippen LogP contribution in [-0.4, -0.2) is 74.0 Å². The van der Waals surface area contributed by atoms with Gasteiger partial charge in [0.2, 0.25) is 11.8 Å². The molecule has 0 radical (unpaired) electrons. The molecule has 1 unspecified atom stereocenters. The van der Waals surface area contributed by atoms with Gasteiger partial charge in [-0.15, -0.1) is 0 Å². The van der Waals surface area contributed by atoms with Gasteiger partial charge in [-0.25, -0.2) is 0 Å². The lowest BCUT2D eigenvalue weighted by molar-refractivity contribution is -0.130. The van der Waals surface area contributed by atoms with Crippen LogP contribution in [0.15, 0.2) is 54.6 Å². The van der Waals surface area contributed by atoms with Crippen LogP contribution in [0.25, 0.3) is 0 Å². The minimum atomic E-state index is -0.348. The Morgan fingerprint density at radius 3 is 2.33 bits per heavy atom. The molecule has 2 fully saturated rings. The largest absolute Gasteiger partial charge is 0.372 e. The number of nitrogens with one attached hydrogen (secondary N) is 2. The van der Waals surface area contributed by atoms with Crippen molar-refractivity contribution in [2.75, 3.05) is 56.5 Å². The van der Waals surface area contributed by atoms with Gasteiger partial charge in [-0.1, -0.05) is 30.3 Å². The summed E-state index contributed by atoms with van der Waals surface area (Å²) in [6, 6.07) is 18.0. The summed E-state index contributed by atoms with van der Waals surface area (Å²) in [4.78, 5) is 32.0. The van der Waals surface area contributed by atoms with Crippen molar-refractivity contribution in [3.05, 3.63) is 60.2 Å². The normalized spacial score (nSPS) is 19.8. The van der Waals surface area contributed by atoms with Crippen molar-refractivity contribution in [3.8, 4) is 0 Å². The topological polar surface area (TPSA) is 67.9 Å². The van der Waals surface area contributed by atoms with Crippen LogP contribution >= 0.6 is 0 Å². The number of hydrogen-bond donors (Lipinski definition) is 2. The number of hydrogen-bond acceptors (Lipinski definition) is 5. The fraction of sp³-hybridized carbons (Fsp3) is 0.462. The van der Waals surface area contributed by atoms with Gasteiger partial charge in [0.25, 0.3) is 0 Å². The first-order chi connectivity index (χ1) is 16.1. The summed E-state index contributed by atoms with van der Waals surface area (Å²) in [6.07, 6.45) is 3.79. The van der Waals surface area contributed by atoms with Crippen LogP contribution in [0, 0.1) is 0 Å². The SMILES string of the molecule is CNC(=O)C1CN(Cc2ccccc2)CCN1CC(=O)Nc1ccc(N2CCCCC2)cc1. The van der Waals surface area contributed by atoms with Crippen molar-refractivity contribution in [1.29, 1.82) is 0 Å². The molecule has 2 aromatic rings. The fourth-order valence-electron chi connectivity index (χ4n) is 4.76. The minimum Gasteiger partial charge on any atom is -0.372 e. The van der Waals surface area contributed by atoms with Crippen molar-refractivity contribution < 1.29 is 9.59 Å². The Morgan fingerprint density at radius 1 is 0.909 bits per heavy atom. The van der Waals surface area contributed by atoms with Gasteiger partial charge in [-0.2, -0.15) is 0 Å². The van der Waals surface area contributed by atoms with E-state index in [0.717, 1.165) is 31.9 Å². The minimum absolute atomic E-state index is 0.0496. The summed E-state index contributed by atoms with van der Waals surface area (Å²) >= 11 is 0. The molecule has 1 atom stereocenters. The maximum atomic E-state index is 12.8. The Balaban J connectivity index is 1.32. The highest BCUT2D eigenvalue weighted by molar-refractivity contribution is 5.93. The maximum absolute atomic E-state index is 12.8. The van der Waals surface area contributed by atoms with Crippen molar-refractivity contribution in [2.24, 2.45) is 0 Å². The molecule has 0 aromatic heterocycles. The number of carbonyl (C=O) groups excluding carboxylic acids is 2. The van der Waals surface area contributed by atoms with E-state index in [1.165, 1.54) is 30.5 Å². The first-order valence-corrected chi connectivity index (χ1v) is 12.0. The molecule has 0 aliphatic carbocycles. The molecule has 176 valence electrons. The molecule has 0 saturated carbocycles. The van der Waals surface area contributed by atoms with Crippen LogP contribution in [0.2, 0.25) is 0 Å². The molecule has 7 heteroatoms. The molecule has 2 aliphatic rings. The Hall–Kier alpha value is -2.90. The third kappa shape index (κ3) is 6.33. The van der Waals surface area contributed by atoms with Crippen LogP contribution in [0.3, 0.4) is 0 Å². The van der Waals surface area contributed by atoms with E-state index in [1.54, 1.807) is 7.05 Å². The number of anilines is 2. The highest BCUT2D eigenvalue weighted by atomic mass is 16.2. The number of rotatable bonds is 7. The molecule has 33 heavy (non-hydrogen) atoms. The van der Waals surface area contributed by atoms with E-state index >= 15 is 0 Å². The summed E-state index contributed by atoms with van der Waals surface area (Å²) in [5, 5.41) is 5.77. The average molecular weight is 450 g/mol. The van der Waals surface area contributed by atoms with Gasteiger partial charge in [0, 0.05) is 57.7 Å². The van der Waals surface area contributed by atoms with Gasteiger partial charge in [0.05, 0.1) is 6.54 Å². The second kappa shape index (κ2) is 11.3. The van der Waals surface area contributed by atoms with Crippen LogP contribution in [-0.2, 0) is 16.1 Å². The second-order valence-electron chi connectivity index (χ2n) is 8.96. The molecule has 7 nitrogen and oxygen atoms in total. The predicted octanol–water partition coefficient (Wildman–Crippen LogP) is 2.55. The zero-order chi connectivity index (χ0) is 23.0. The van der Waals surface area contributed by atoms with E-state index in [1.807, 2.05) is 35.2 Å². The van der Waals surface area contributed by atoms with Crippen LogP contribution in [0.5, 0.6) is 0 Å². The quantitative estimate of drug-likeness (QED) is 0.680. The number of piperazine rings is 1. The Bertz CT molecular complexity index is 912. The summed E-state index contributed by atoms with van der Waals surface area (Å²) in [5.74, 6) is -0.141. The van der Waals surface area contributed by atoms with Gasteiger partial charge in [0.1, 0.15) is 6.04 Å². The van der Waals surface area contributed by atoms with Gasteiger partial charge >= 0.3 is 0 Å². The molecule has 2 amide bonds. The maximum Gasteiger partial charge on any atom is 0.238 e. The first kappa shape index (κ1) is 23.3. The third-order valence-corrected chi connectivity index (χ3v) is 6.59. The second-order valence-corrected chi connectivity index (χ2v) is 8.96. The van der Waals surface area contributed by atoms with Crippen molar-refractivity contribution >= 4 is 23.2 Å². The van der Waals surface area contributed by atoms with Crippen LogP contribution in [0.1, 0.15) is 24.8 Å². The Labute approximate surface area is 196 Å². The van der Waals surface area contributed by atoms with Crippen molar-refractivity contribution in [3.63, 3.8) is 0 Å². The van der Waals surface area contributed by atoms with Gasteiger partial charge in [-0.05, 0) is 49.1 Å². The average Bonchev–Trinajstić information content (AvgIpc) is 2.86. The molecular weight excluding hydrogens is 414 g/mol. The number of nitrogens with zero attached hydrogens (tertiary/aromatic N) is 3. The lowest BCUT2D eigenvalue weighted by Crippen LogP contribution is -2.59. The monoisotopic (exact) mass is 449 g/mol. The van der Waals surface area contributed by atoms with Gasteiger partial charge in [0.15, 0.2) is 0 Å². The molecule has 2 aromatic carbocycles. The number of piperidine rings is 1. The van der Waals surface area contributed by atoms with E-state index < -0.39 is 0 Å². The lowest BCUT2D eigenvalue weighted by Gasteiger charge is -2.40. The first-order valence-electron chi connectivity index (χ1n) is 12.0. The third-order valence-electron chi connectivity index (χ3n) is 6.59. The smallest absolute Gasteiger partial charge is 0.238 e. The van der Waals surface area contributed by atoms with E-state index in [0.29, 0.717) is 13.1 Å². The lowest BCUT2D eigenvalue weighted by atomic mass is 10.1. The number of carbonyl (C=O) groups is 2. The van der Waals surface area contributed by atoms with E-state index in [2.05, 4.69) is 44.7 Å². The van der Waals surface area contributed by atoms with E-state index in [4.69, 9.17) is 0 Å². The van der Waals surface area contributed by atoms with Crippen molar-refractivity contribution in [1.82, 2.24) is 15.1 Å². The highest BCUT2D eigenvalue weighted by Crippen LogP contribution is 2.22. The number of amides is 2. The summed E-state index contributed by atoms with van der Waals surface area (Å²) in [7, 11) is 1.65. The molecule has 0 bridgehead atoms.